The number of unbranched alkanes of at least 4 members (excludes halogenated alkanes) is 2. The van der Waals surface area contributed by atoms with Gasteiger partial charge in [-0.15, -0.1) is 6.58 Å². The van der Waals surface area contributed by atoms with Crippen molar-refractivity contribution in [1.82, 2.24) is 4.90 Å². The fraction of sp³-hybridized carbons (Fsp3) is 0.577. The van der Waals surface area contributed by atoms with E-state index in [-0.39, 0.29) is 29.8 Å². The third kappa shape index (κ3) is 4.21. The van der Waals surface area contributed by atoms with Gasteiger partial charge in [-0.25, -0.2) is 0 Å². The van der Waals surface area contributed by atoms with Gasteiger partial charge < -0.3 is 24.7 Å². The first-order chi connectivity index (χ1) is 16.7. The molecule has 190 valence electrons. The Bertz CT molecular complexity index is 1030. The van der Waals surface area contributed by atoms with Crippen LogP contribution in [0.1, 0.15) is 36.8 Å². The number of benzene rings is 1. The maximum Gasteiger partial charge on any atom is 0.310 e. The number of carboxylic acids is 1. The molecule has 35 heavy (non-hydrogen) atoms. The van der Waals surface area contributed by atoms with E-state index in [4.69, 9.17) is 9.84 Å². The monoisotopic (exact) mass is 548 g/mol. The second kappa shape index (κ2) is 10.0. The highest BCUT2D eigenvalue weighted by atomic mass is 79.9. The molecule has 2 amide bonds. The minimum Gasteiger partial charge on any atom is -0.481 e. The summed E-state index contributed by atoms with van der Waals surface area (Å²) in [5, 5.41) is 19.2. The van der Waals surface area contributed by atoms with Crippen LogP contribution in [-0.4, -0.2) is 75.2 Å². The molecule has 0 radical (unpaired) electrons. The normalized spacial score (nSPS) is 31.0. The topological polar surface area (TPSA) is 107 Å². The third-order valence-electron chi connectivity index (χ3n) is 7.60. The second-order valence-corrected chi connectivity index (χ2v) is 11.0. The van der Waals surface area contributed by atoms with Gasteiger partial charge in [-0.3, -0.25) is 14.4 Å². The van der Waals surface area contributed by atoms with Gasteiger partial charge in [0.2, 0.25) is 5.91 Å². The van der Waals surface area contributed by atoms with E-state index in [1.54, 1.807) is 15.9 Å². The van der Waals surface area contributed by atoms with Crippen molar-refractivity contribution in [3.05, 3.63) is 42.0 Å². The van der Waals surface area contributed by atoms with Gasteiger partial charge in [0.25, 0.3) is 5.91 Å². The molecule has 2 N–H and O–H groups in total. The number of likely N-dealkylation sites (tertiary alicyclic amines) is 1. The lowest BCUT2D eigenvalue weighted by Gasteiger charge is -2.37. The number of hydrogen-bond acceptors (Lipinski definition) is 5. The molecule has 1 aromatic rings. The summed E-state index contributed by atoms with van der Waals surface area (Å²) in [6.07, 6.45) is 3.26. The SMILES string of the molecule is C=CCN(C(=O)C1N(CCCCCO)C(=O)[C@@H]2[C@@H](C(=O)O)[C@@H]3OC12CC3Br)c1cc(C)ccc1C. The van der Waals surface area contributed by atoms with Crippen LogP contribution in [0.15, 0.2) is 30.9 Å². The summed E-state index contributed by atoms with van der Waals surface area (Å²) in [7, 11) is 0. The van der Waals surface area contributed by atoms with Gasteiger partial charge in [-0.2, -0.15) is 0 Å². The van der Waals surface area contributed by atoms with Gasteiger partial charge in [0.1, 0.15) is 11.6 Å². The largest absolute Gasteiger partial charge is 0.481 e. The van der Waals surface area contributed by atoms with Gasteiger partial charge in [-0.05, 0) is 56.7 Å². The van der Waals surface area contributed by atoms with Crippen LogP contribution >= 0.6 is 15.9 Å². The Hall–Kier alpha value is -2.23. The molecule has 6 atom stereocenters. The minimum atomic E-state index is -1.20. The second-order valence-electron chi connectivity index (χ2n) is 9.85. The Morgan fingerprint density at radius 1 is 1.31 bits per heavy atom. The predicted molar refractivity (Wildman–Crippen MR) is 134 cm³/mol. The molecule has 3 unspecified atom stereocenters. The van der Waals surface area contributed by atoms with E-state index in [2.05, 4.69) is 22.5 Å². The first-order valence-corrected chi connectivity index (χ1v) is 13.0. The lowest BCUT2D eigenvalue weighted by atomic mass is 9.70. The molecule has 3 aliphatic rings. The lowest BCUT2D eigenvalue weighted by Crippen LogP contribution is -2.57. The summed E-state index contributed by atoms with van der Waals surface area (Å²) in [5.74, 6) is -3.61. The fourth-order valence-corrected chi connectivity index (χ4v) is 7.04. The van der Waals surface area contributed by atoms with Crippen molar-refractivity contribution in [2.24, 2.45) is 11.8 Å². The zero-order chi connectivity index (χ0) is 25.5. The van der Waals surface area contributed by atoms with Gasteiger partial charge >= 0.3 is 5.97 Å². The van der Waals surface area contributed by atoms with E-state index in [9.17, 15) is 19.5 Å². The molecule has 1 aromatic carbocycles. The van der Waals surface area contributed by atoms with Crippen LogP contribution in [0.3, 0.4) is 0 Å². The molecule has 0 aromatic heterocycles. The first-order valence-electron chi connectivity index (χ1n) is 12.1. The Kier molecular flexibility index (Phi) is 7.41. The molecule has 3 heterocycles. The van der Waals surface area contributed by atoms with Crippen LogP contribution in [0.25, 0.3) is 0 Å². The Balaban J connectivity index is 1.78. The predicted octanol–water partition coefficient (Wildman–Crippen LogP) is 2.82. The summed E-state index contributed by atoms with van der Waals surface area (Å²) in [6, 6.07) is 4.93. The average Bonchev–Trinajstić information content (AvgIpc) is 3.40. The van der Waals surface area contributed by atoms with Gasteiger partial charge in [-0.1, -0.05) is 34.1 Å². The smallest absolute Gasteiger partial charge is 0.310 e. The van der Waals surface area contributed by atoms with E-state index in [1.165, 1.54) is 0 Å². The van der Waals surface area contributed by atoms with Crippen molar-refractivity contribution in [3.63, 3.8) is 0 Å². The average molecular weight is 549 g/mol. The molecule has 9 heteroatoms. The number of carbonyl (C=O) groups excluding carboxylic acids is 2. The van der Waals surface area contributed by atoms with Crippen molar-refractivity contribution in [2.45, 2.75) is 62.1 Å². The van der Waals surface area contributed by atoms with Gasteiger partial charge in [0, 0.05) is 30.2 Å². The highest BCUT2D eigenvalue weighted by molar-refractivity contribution is 9.09. The number of aryl methyl sites for hydroxylation is 2. The van der Waals surface area contributed by atoms with Crippen molar-refractivity contribution in [1.29, 1.82) is 0 Å². The molecule has 4 rings (SSSR count). The lowest BCUT2D eigenvalue weighted by molar-refractivity contribution is -0.149. The highest BCUT2D eigenvalue weighted by Crippen LogP contribution is 2.60. The van der Waals surface area contributed by atoms with E-state index in [0.717, 1.165) is 16.8 Å². The standard InChI is InChI=1S/C26H33BrN2O6/c1-4-10-28(18-13-15(2)8-9-16(18)3)24(32)22-26-14-17(27)21(35-26)19(25(33)34)20(26)23(31)29(22)11-6-5-7-12-30/h4,8-9,13,17,19-22,30H,1,5-7,10-12,14H2,2-3H3,(H,33,34)/t17?,19-,20+,21-,22?,26?/m1/s1. The van der Waals surface area contributed by atoms with E-state index >= 15 is 0 Å². The molecule has 1 spiro atoms. The summed E-state index contributed by atoms with van der Waals surface area (Å²) in [6.45, 7) is 8.32. The van der Waals surface area contributed by atoms with Crippen molar-refractivity contribution in [3.8, 4) is 0 Å². The number of anilines is 1. The molecular weight excluding hydrogens is 516 g/mol. The number of carbonyl (C=O) groups is 3. The van der Waals surface area contributed by atoms with Crippen molar-refractivity contribution < 1.29 is 29.3 Å². The van der Waals surface area contributed by atoms with Crippen molar-refractivity contribution in [2.75, 3.05) is 24.6 Å². The number of hydrogen-bond donors (Lipinski definition) is 2. The number of rotatable bonds is 10. The van der Waals surface area contributed by atoms with E-state index < -0.39 is 35.6 Å². The molecule has 3 fully saturated rings. The number of ether oxygens (including phenoxy) is 1. The number of amides is 2. The van der Waals surface area contributed by atoms with Gasteiger partial charge in [0.05, 0.1) is 17.9 Å². The molecule has 3 saturated heterocycles. The Morgan fingerprint density at radius 3 is 2.71 bits per heavy atom. The Labute approximate surface area is 214 Å². The number of carboxylic acid groups (broad SMARTS) is 1. The van der Waals surface area contributed by atoms with Crippen LogP contribution in [0.4, 0.5) is 5.69 Å². The molecular formula is C26H33BrN2O6. The quantitative estimate of drug-likeness (QED) is 0.264. The summed E-state index contributed by atoms with van der Waals surface area (Å²) in [4.78, 5) is 43.3. The summed E-state index contributed by atoms with van der Waals surface area (Å²) in [5.41, 5.74) is 1.44. The van der Waals surface area contributed by atoms with Crippen LogP contribution in [0.5, 0.6) is 0 Å². The minimum absolute atomic E-state index is 0.0553. The molecule has 0 aliphatic carbocycles. The Morgan fingerprint density at radius 2 is 2.06 bits per heavy atom. The highest BCUT2D eigenvalue weighted by Gasteiger charge is 2.76. The molecule has 3 aliphatic heterocycles. The molecule has 0 saturated carbocycles. The molecule has 2 bridgehead atoms. The number of alkyl halides is 1. The maximum absolute atomic E-state index is 14.4. The summed E-state index contributed by atoms with van der Waals surface area (Å²) >= 11 is 3.57. The zero-order valence-electron chi connectivity index (χ0n) is 20.2. The van der Waals surface area contributed by atoms with Crippen LogP contribution < -0.4 is 4.90 Å². The van der Waals surface area contributed by atoms with Crippen LogP contribution in [0.2, 0.25) is 0 Å². The van der Waals surface area contributed by atoms with E-state index in [0.29, 0.717) is 32.2 Å². The maximum atomic E-state index is 14.4. The number of aliphatic carboxylic acids is 1. The summed E-state index contributed by atoms with van der Waals surface area (Å²) < 4.78 is 6.35. The number of nitrogens with zero attached hydrogens (tertiary/aromatic N) is 2. The van der Waals surface area contributed by atoms with E-state index in [1.807, 2.05) is 32.0 Å². The number of halogens is 1. The first kappa shape index (κ1) is 25.9. The zero-order valence-corrected chi connectivity index (χ0v) is 21.7. The third-order valence-corrected chi connectivity index (χ3v) is 8.44. The van der Waals surface area contributed by atoms with Crippen LogP contribution in [-0.2, 0) is 19.1 Å². The number of aliphatic hydroxyl groups is 1. The van der Waals surface area contributed by atoms with Gasteiger partial charge in [0.15, 0.2) is 0 Å². The fourth-order valence-electron chi connectivity index (χ4n) is 6.10. The molecule has 8 nitrogen and oxygen atoms in total. The van der Waals surface area contributed by atoms with Crippen LogP contribution in [0, 0.1) is 25.7 Å². The number of fused-ring (bicyclic) bond motifs is 1. The van der Waals surface area contributed by atoms with Crippen molar-refractivity contribution >= 4 is 39.4 Å². The number of aliphatic hydroxyl groups excluding tert-OH is 1.